The molecule has 1 amide bonds. The molecule has 7 nitrogen and oxygen atoms in total. The number of piperidine rings is 1. The van der Waals surface area contributed by atoms with Crippen LogP contribution in [0.2, 0.25) is 0 Å². The number of benzene rings is 1. The summed E-state index contributed by atoms with van der Waals surface area (Å²) in [4.78, 5) is 23.5. The number of carbonyl (C=O) groups is 2. The Hall–Kier alpha value is -1.93. The summed E-state index contributed by atoms with van der Waals surface area (Å²) in [6.45, 7) is 4.46. The van der Waals surface area contributed by atoms with Gasteiger partial charge in [-0.05, 0) is 62.8 Å². The number of carboxylic acids is 1. The molecule has 1 saturated carbocycles. The average Bonchev–Trinajstić information content (AvgIpc) is 2.59. The van der Waals surface area contributed by atoms with Crippen LogP contribution in [0.1, 0.15) is 36.8 Å². The van der Waals surface area contributed by atoms with E-state index < -0.39 is 16.0 Å². The lowest BCUT2D eigenvalue weighted by molar-refractivity contribution is -0.146. The molecule has 2 fully saturated rings. The molecule has 0 bridgehead atoms. The first-order chi connectivity index (χ1) is 12.7. The van der Waals surface area contributed by atoms with Gasteiger partial charge in [0.1, 0.15) is 0 Å². The van der Waals surface area contributed by atoms with Gasteiger partial charge in [0.2, 0.25) is 15.9 Å². The van der Waals surface area contributed by atoms with Crippen LogP contribution in [0.3, 0.4) is 0 Å². The molecule has 1 saturated heterocycles. The highest BCUT2D eigenvalue weighted by atomic mass is 32.2. The van der Waals surface area contributed by atoms with Gasteiger partial charge in [-0.2, -0.15) is 4.31 Å². The van der Waals surface area contributed by atoms with Crippen LogP contribution in [-0.4, -0.2) is 48.8 Å². The molecule has 0 unspecified atom stereocenters. The summed E-state index contributed by atoms with van der Waals surface area (Å²) >= 11 is 0. The smallest absolute Gasteiger partial charge is 0.306 e. The summed E-state index contributed by atoms with van der Waals surface area (Å²) < 4.78 is 27.1. The van der Waals surface area contributed by atoms with Crippen molar-refractivity contribution in [2.75, 3.05) is 13.1 Å². The van der Waals surface area contributed by atoms with E-state index in [2.05, 4.69) is 5.32 Å². The lowest BCUT2D eigenvalue weighted by atomic mass is 9.80. The third-order valence-corrected chi connectivity index (χ3v) is 7.67. The van der Waals surface area contributed by atoms with Crippen molar-refractivity contribution in [3.05, 3.63) is 29.3 Å². The van der Waals surface area contributed by atoms with Crippen molar-refractivity contribution in [2.45, 2.75) is 50.5 Å². The highest BCUT2D eigenvalue weighted by molar-refractivity contribution is 7.89. The van der Waals surface area contributed by atoms with Crippen LogP contribution in [-0.2, 0) is 19.6 Å². The van der Waals surface area contributed by atoms with E-state index in [4.69, 9.17) is 5.11 Å². The van der Waals surface area contributed by atoms with Gasteiger partial charge in [-0.25, -0.2) is 8.42 Å². The lowest BCUT2D eigenvalue weighted by Gasteiger charge is -2.35. The molecule has 27 heavy (non-hydrogen) atoms. The number of hydrogen-bond donors (Lipinski definition) is 2. The van der Waals surface area contributed by atoms with Crippen LogP contribution in [0.4, 0.5) is 0 Å². The van der Waals surface area contributed by atoms with Crippen molar-refractivity contribution >= 4 is 21.9 Å². The third-order valence-electron chi connectivity index (χ3n) is 5.77. The second-order valence-electron chi connectivity index (χ2n) is 7.64. The van der Waals surface area contributed by atoms with E-state index in [1.807, 2.05) is 19.9 Å². The number of aliphatic carboxylic acids is 1. The predicted octanol–water partition coefficient (Wildman–Crippen LogP) is 1.68. The van der Waals surface area contributed by atoms with Crippen LogP contribution in [0, 0.1) is 25.7 Å². The van der Waals surface area contributed by atoms with E-state index in [0.717, 1.165) is 11.1 Å². The Morgan fingerprint density at radius 3 is 2.26 bits per heavy atom. The number of amides is 1. The highest BCUT2D eigenvalue weighted by Crippen LogP contribution is 2.29. The van der Waals surface area contributed by atoms with Crippen LogP contribution >= 0.6 is 0 Å². The van der Waals surface area contributed by atoms with Crippen molar-refractivity contribution in [2.24, 2.45) is 11.8 Å². The third kappa shape index (κ3) is 4.16. The average molecular weight is 394 g/mol. The van der Waals surface area contributed by atoms with Crippen LogP contribution < -0.4 is 5.32 Å². The summed E-state index contributed by atoms with van der Waals surface area (Å²) in [6.07, 6.45) is 1.90. The van der Waals surface area contributed by atoms with E-state index in [1.54, 1.807) is 12.1 Å². The predicted molar refractivity (Wildman–Crippen MR) is 99.7 cm³/mol. The molecule has 3 rings (SSSR count). The first-order valence-electron chi connectivity index (χ1n) is 9.29. The number of hydrogen-bond acceptors (Lipinski definition) is 4. The van der Waals surface area contributed by atoms with Gasteiger partial charge in [-0.15, -0.1) is 0 Å². The minimum atomic E-state index is -3.55. The Balaban J connectivity index is 1.54. The summed E-state index contributed by atoms with van der Waals surface area (Å²) in [5.41, 5.74) is 1.98. The molecule has 1 aromatic carbocycles. The zero-order valence-electron chi connectivity index (χ0n) is 15.6. The Morgan fingerprint density at radius 2 is 1.70 bits per heavy atom. The summed E-state index contributed by atoms with van der Waals surface area (Å²) in [5.74, 6) is -1.49. The topological polar surface area (TPSA) is 104 Å². The number of rotatable bonds is 5. The summed E-state index contributed by atoms with van der Waals surface area (Å²) in [7, 11) is -3.55. The van der Waals surface area contributed by atoms with Gasteiger partial charge in [0.05, 0.1) is 10.8 Å². The van der Waals surface area contributed by atoms with Gasteiger partial charge in [-0.3, -0.25) is 9.59 Å². The molecule has 1 heterocycles. The molecule has 1 aromatic rings. The van der Waals surface area contributed by atoms with Gasteiger partial charge in [0.25, 0.3) is 0 Å². The van der Waals surface area contributed by atoms with E-state index in [9.17, 15) is 18.0 Å². The summed E-state index contributed by atoms with van der Waals surface area (Å²) in [6, 6.07) is 5.06. The van der Waals surface area contributed by atoms with E-state index in [-0.39, 0.29) is 23.8 Å². The molecule has 2 N–H and O–H groups in total. The molecular weight excluding hydrogens is 368 g/mol. The van der Waals surface area contributed by atoms with Crippen molar-refractivity contribution in [3.63, 3.8) is 0 Å². The molecule has 0 aromatic heterocycles. The van der Waals surface area contributed by atoms with Crippen molar-refractivity contribution < 1.29 is 23.1 Å². The second kappa shape index (κ2) is 7.59. The number of aryl methyl sites for hydroxylation is 2. The van der Waals surface area contributed by atoms with Gasteiger partial charge in [-0.1, -0.05) is 6.07 Å². The molecule has 148 valence electrons. The largest absolute Gasteiger partial charge is 0.481 e. The normalized spacial score (nSPS) is 24.2. The number of nitrogens with zero attached hydrogens (tertiary/aromatic N) is 1. The minimum Gasteiger partial charge on any atom is -0.481 e. The Bertz CT molecular complexity index is 838. The van der Waals surface area contributed by atoms with Gasteiger partial charge >= 0.3 is 5.97 Å². The highest BCUT2D eigenvalue weighted by Gasteiger charge is 2.37. The number of carboxylic acid groups (broad SMARTS) is 1. The maximum absolute atomic E-state index is 12.8. The molecule has 2 aliphatic rings. The van der Waals surface area contributed by atoms with Crippen molar-refractivity contribution in [1.29, 1.82) is 0 Å². The SMILES string of the molecule is Cc1ccc(S(=O)(=O)N2CCC(C(=O)NC3CC(C(=O)O)C3)CC2)cc1C. The molecule has 1 aliphatic carbocycles. The van der Waals surface area contributed by atoms with Crippen LogP contribution in [0.5, 0.6) is 0 Å². The fourth-order valence-electron chi connectivity index (χ4n) is 3.64. The zero-order valence-corrected chi connectivity index (χ0v) is 16.5. The van der Waals surface area contributed by atoms with Gasteiger partial charge < -0.3 is 10.4 Å². The molecule has 0 radical (unpaired) electrons. The van der Waals surface area contributed by atoms with E-state index in [1.165, 1.54) is 4.31 Å². The number of nitrogens with one attached hydrogen (secondary N) is 1. The number of sulfonamides is 1. The first kappa shape index (κ1) is 19.8. The van der Waals surface area contributed by atoms with E-state index >= 15 is 0 Å². The fraction of sp³-hybridized carbons (Fsp3) is 0.579. The Kier molecular flexibility index (Phi) is 5.58. The van der Waals surface area contributed by atoms with Crippen LogP contribution in [0.15, 0.2) is 23.1 Å². The Labute approximate surface area is 159 Å². The zero-order chi connectivity index (χ0) is 19.8. The van der Waals surface area contributed by atoms with Gasteiger partial charge in [0.15, 0.2) is 0 Å². The quantitative estimate of drug-likeness (QED) is 0.791. The maximum atomic E-state index is 12.8. The molecular formula is C19H26N2O5S. The molecule has 0 spiro atoms. The van der Waals surface area contributed by atoms with Crippen molar-refractivity contribution in [1.82, 2.24) is 9.62 Å². The van der Waals surface area contributed by atoms with Crippen molar-refractivity contribution in [3.8, 4) is 0 Å². The Morgan fingerprint density at radius 1 is 1.07 bits per heavy atom. The minimum absolute atomic E-state index is 0.0732. The number of carbonyl (C=O) groups excluding carboxylic acids is 1. The molecule has 0 atom stereocenters. The lowest BCUT2D eigenvalue weighted by Crippen LogP contribution is -2.50. The molecule has 1 aliphatic heterocycles. The maximum Gasteiger partial charge on any atom is 0.306 e. The monoisotopic (exact) mass is 394 g/mol. The first-order valence-corrected chi connectivity index (χ1v) is 10.7. The van der Waals surface area contributed by atoms with Gasteiger partial charge in [0, 0.05) is 25.0 Å². The second-order valence-corrected chi connectivity index (χ2v) is 9.57. The van der Waals surface area contributed by atoms with E-state index in [0.29, 0.717) is 43.7 Å². The molecule has 8 heteroatoms. The van der Waals surface area contributed by atoms with Crippen LogP contribution in [0.25, 0.3) is 0 Å². The standard InChI is InChI=1S/C19H26N2O5S/c1-12-3-4-17(9-13(12)2)27(25,26)21-7-5-14(6-8-21)18(22)20-16-10-15(11-16)19(23)24/h3-4,9,14-16H,5-8,10-11H2,1-2H3,(H,20,22)(H,23,24). The summed E-state index contributed by atoms with van der Waals surface area (Å²) in [5, 5.41) is 11.8. The fourth-order valence-corrected chi connectivity index (χ4v) is 5.19.